The third kappa shape index (κ3) is 1.07. The summed E-state index contributed by atoms with van der Waals surface area (Å²) < 4.78 is 1.43. The summed E-state index contributed by atoms with van der Waals surface area (Å²) in [6.07, 6.45) is 1.47. The van der Waals surface area contributed by atoms with Gasteiger partial charge < -0.3 is 0 Å². The van der Waals surface area contributed by atoms with E-state index in [2.05, 4.69) is 27.2 Å². The number of hydrogen-bond donors (Lipinski definition) is 1. The Bertz CT molecular complexity index is 124. The van der Waals surface area contributed by atoms with Crippen LogP contribution in [0.2, 0.25) is 0 Å². The van der Waals surface area contributed by atoms with Gasteiger partial charge in [0.05, 0.1) is 0 Å². The zero-order valence-corrected chi connectivity index (χ0v) is 4.93. The number of tetrazole rings is 1. The molecule has 0 bridgehead atoms. The lowest BCUT2D eigenvalue weighted by Gasteiger charge is -1.80. The predicted molar refractivity (Wildman–Crippen MR) is 29.8 cm³/mol. The summed E-state index contributed by atoms with van der Waals surface area (Å²) in [7, 11) is 1.15. The van der Waals surface area contributed by atoms with Gasteiger partial charge in [-0.25, -0.2) is 0 Å². The molecule has 1 rings (SSSR count). The van der Waals surface area contributed by atoms with Crippen molar-refractivity contribution in [3.8, 4) is 0 Å². The number of thiol groups is 1. The molecule has 1 aromatic rings. The first kappa shape index (κ1) is 4.92. The highest BCUT2D eigenvalue weighted by molar-refractivity contribution is 8.67. The zero-order valence-electron chi connectivity index (χ0n) is 3.22. The molecule has 0 aliphatic heterocycles. The van der Waals surface area contributed by atoms with Gasteiger partial charge in [-0.15, -0.1) is 5.10 Å². The molecule has 7 heavy (non-hydrogen) atoms. The van der Waals surface area contributed by atoms with E-state index in [9.17, 15) is 0 Å². The first-order valence-electron chi connectivity index (χ1n) is 1.48. The van der Waals surface area contributed by atoms with Gasteiger partial charge in [0.15, 0.2) is 6.33 Å². The van der Waals surface area contributed by atoms with Crippen LogP contribution in [0.3, 0.4) is 0 Å². The normalized spacial score (nSPS) is 9.29. The van der Waals surface area contributed by atoms with E-state index in [1.807, 2.05) is 0 Å². The average Bonchev–Trinajstić information content (AvgIpc) is 2.14. The highest BCUT2D eigenvalue weighted by Crippen LogP contribution is 2.03. The standard InChI is InChI=1S/CH2N4S2/c6-7-5-1-2-3-4-5/h1,6H. The molecular weight excluding hydrogens is 132 g/mol. The van der Waals surface area contributed by atoms with Gasteiger partial charge in [-0.3, -0.25) is 0 Å². The van der Waals surface area contributed by atoms with E-state index in [4.69, 9.17) is 0 Å². The van der Waals surface area contributed by atoms with E-state index in [0.29, 0.717) is 0 Å². The topological polar surface area (TPSA) is 43.6 Å². The fourth-order valence-corrected chi connectivity index (χ4v) is 0.564. The molecule has 0 aliphatic rings. The molecule has 0 amide bonds. The van der Waals surface area contributed by atoms with Crippen LogP contribution in [0.25, 0.3) is 0 Å². The summed E-state index contributed by atoms with van der Waals surface area (Å²) in [5, 5.41) is 10.2. The third-order valence-electron chi connectivity index (χ3n) is 0.414. The van der Waals surface area contributed by atoms with Gasteiger partial charge in [-0.1, -0.05) is 11.7 Å². The van der Waals surface area contributed by atoms with E-state index >= 15 is 0 Å². The molecular formula is CH2N4S2. The SMILES string of the molecule is SSn1cnnn1. The summed E-state index contributed by atoms with van der Waals surface area (Å²) in [5.41, 5.74) is 0. The van der Waals surface area contributed by atoms with Crippen LogP contribution in [-0.4, -0.2) is 19.6 Å². The molecule has 4 nitrogen and oxygen atoms in total. The van der Waals surface area contributed by atoms with Crippen LogP contribution in [0.15, 0.2) is 6.33 Å². The van der Waals surface area contributed by atoms with Crippen molar-refractivity contribution in [2.45, 2.75) is 0 Å². The number of nitrogens with zero attached hydrogens (tertiary/aromatic N) is 4. The maximum atomic E-state index is 3.81. The minimum atomic E-state index is 1.15. The second kappa shape index (κ2) is 2.17. The van der Waals surface area contributed by atoms with Crippen LogP contribution < -0.4 is 0 Å². The molecule has 0 aliphatic carbocycles. The molecule has 0 fully saturated rings. The van der Waals surface area contributed by atoms with E-state index in [1.165, 1.54) is 10.4 Å². The maximum absolute atomic E-state index is 3.81. The van der Waals surface area contributed by atoms with Gasteiger partial charge in [0, 0.05) is 11.0 Å². The summed E-state index contributed by atoms with van der Waals surface area (Å²) in [6, 6.07) is 0. The molecule has 38 valence electrons. The molecule has 1 heterocycles. The average molecular weight is 134 g/mol. The number of aromatic nitrogens is 4. The first-order chi connectivity index (χ1) is 3.43. The Balaban J connectivity index is 2.76. The predicted octanol–water partition coefficient (Wildman–Crippen LogP) is 0.0142. The quantitative estimate of drug-likeness (QED) is 0.434. The third-order valence-corrected chi connectivity index (χ3v) is 1.25. The first-order valence-corrected chi connectivity index (χ1v) is 3.31. The lowest BCUT2D eigenvalue weighted by molar-refractivity contribution is 0.856. The van der Waals surface area contributed by atoms with Crippen LogP contribution in [0.1, 0.15) is 0 Å². The van der Waals surface area contributed by atoms with E-state index < -0.39 is 0 Å². The molecule has 1 aromatic heterocycles. The Kier molecular flexibility index (Phi) is 1.53. The maximum Gasteiger partial charge on any atom is 0.151 e. The van der Waals surface area contributed by atoms with E-state index in [1.54, 1.807) is 0 Å². The second-order valence-corrected chi connectivity index (χ2v) is 1.82. The summed E-state index contributed by atoms with van der Waals surface area (Å²) in [4.78, 5) is 0. The smallest absolute Gasteiger partial charge is 0.151 e. The van der Waals surface area contributed by atoms with Crippen LogP contribution in [-0.2, 0) is 0 Å². The van der Waals surface area contributed by atoms with Crippen molar-refractivity contribution in [3.63, 3.8) is 0 Å². The van der Waals surface area contributed by atoms with Gasteiger partial charge in [-0.05, 0) is 10.4 Å². The molecule has 0 atom stereocenters. The van der Waals surface area contributed by atoms with E-state index in [0.717, 1.165) is 11.0 Å². The van der Waals surface area contributed by atoms with Crippen LogP contribution in [0.4, 0.5) is 0 Å². The molecule has 0 saturated heterocycles. The highest BCUT2D eigenvalue weighted by Gasteiger charge is 1.82. The van der Waals surface area contributed by atoms with Gasteiger partial charge in [0.25, 0.3) is 0 Å². The second-order valence-electron chi connectivity index (χ2n) is 0.794. The van der Waals surface area contributed by atoms with Gasteiger partial charge in [0.1, 0.15) is 0 Å². The molecule has 6 heteroatoms. The van der Waals surface area contributed by atoms with Crippen LogP contribution in [0, 0.1) is 0 Å². The molecule has 0 aromatic carbocycles. The minimum Gasteiger partial charge on any atom is -0.163 e. The zero-order chi connectivity index (χ0) is 5.11. The van der Waals surface area contributed by atoms with Crippen molar-refractivity contribution in [3.05, 3.63) is 6.33 Å². The fraction of sp³-hybridized carbons (Fsp3) is 0. The highest BCUT2D eigenvalue weighted by atomic mass is 33.1. The number of rotatable bonds is 1. The Morgan fingerprint density at radius 3 is 2.86 bits per heavy atom. The van der Waals surface area contributed by atoms with Gasteiger partial charge >= 0.3 is 0 Å². The summed E-state index contributed by atoms with van der Waals surface area (Å²) in [6.45, 7) is 0. The minimum absolute atomic E-state index is 1.15. The van der Waals surface area contributed by atoms with Crippen molar-refractivity contribution in [1.82, 2.24) is 19.6 Å². The molecule has 0 spiro atoms. The molecule has 0 unspecified atom stereocenters. The van der Waals surface area contributed by atoms with Crippen molar-refractivity contribution in [2.24, 2.45) is 0 Å². The lowest BCUT2D eigenvalue weighted by Crippen LogP contribution is -1.80. The lowest BCUT2D eigenvalue weighted by atomic mass is 11.4. The van der Waals surface area contributed by atoms with Crippen molar-refractivity contribution in [1.29, 1.82) is 0 Å². The van der Waals surface area contributed by atoms with Crippen molar-refractivity contribution >= 4 is 22.6 Å². The van der Waals surface area contributed by atoms with Crippen LogP contribution in [0.5, 0.6) is 0 Å². The largest absolute Gasteiger partial charge is 0.163 e. The Hall–Kier alpha value is -0.230. The molecule has 0 N–H and O–H groups in total. The monoisotopic (exact) mass is 134 g/mol. The van der Waals surface area contributed by atoms with E-state index in [-0.39, 0.29) is 0 Å². The van der Waals surface area contributed by atoms with Crippen molar-refractivity contribution in [2.75, 3.05) is 0 Å². The Morgan fingerprint density at radius 2 is 2.57 bits per heavy atom. The number of hydrogen-bond acceptors (Lipinski definition) is 5. The Labute approximate surface area is 49.2 Å². The molecule has 0 saturated carbocycles. The summed E-state index contributed by atoms with van der Waals surface area (Å²) in [5.74, 6) is 0. The van der Waals surface area contributed by atoms with Crippen LogP contribution >= 0.6 is 22.6 Å². The van der Waals surface area contributed by atoms with Gasteiger partial charge in [0.2, 0.25) is 0 Å². The van der Waals surface area contributed by atoms with Gasteiger partial charge in [-0.2, -0.15) is 4.09 Å². The Morgan fingerprint density at radius 1 is 1.71 bits per heavy atom. The summed E-state index contributed by atoms with van der Waals surface area (Å²) >= 11 is 3.81. The molecule has 0 radical (unpaired) electrons. The fourth-order valence-electron chi connectivity index (χ4n) is 0.190. The van der Waals surface area contributed by atoms with Crippen molar-refractivity contribution < 1.29 is 0 Å².